The smallest absolute Gasteiger partial charge is 0.283 e. The number of hydrogen-bond donors (Lipinski definition) is 1. The van der Waals surface area contributed by atoms with Gasteiger partial charge in [-0.1, -0.05) is 27.5 Å². The highest BCUT2D eigenvalue weighted by Crippen LogP contribution is 2.32. The summed E-state index contributed by atoms with van der Waals surface area (Å²) in [6.07, 6.45) is 0. The Morgan fingerprint density at radius 2 is 1.75 bits per heavy atom. The Balaban J connectivity index is 1.94. The zero-order valence-corrected chi connectivity index (χ0v) is 16.9. The predicted octanol–water partition coefficient (Wildman–Crippen LogP) is 4.80. The lowest BCUT2D eigenvalue weighted by Gasteiger charge is -2.17. The Bertz CT molecular complexity index is 881. The van der Waals surface area contributed by atoms with Gasteiger partial charge in [-0.25, -0.2) is 4.90 Å². The summed E-state index contributed by atoms with van der Waals surface area (Å²) in [6, 6.07) is 12.7. The fourth-order valence-corrected chi connectivity index (χ4v) is 3.50. The Morgan fingerprint density at radius 1 is 1.08 bits per heavy atom. The number of nitrogens with zero attached hydrogens (tertiary/aromatic N) is 1. The third-order valence-corrected chi connectivity index (χ3v) is 5.09. The molecule has 0 radical (unpaired) electrons. The first-order valence-electron chi connectivity index (χ1n) is 6.96. The third-order valence-electron chi connectivity index (χ3n) is 3.54. The van der Waals surface area contributed by atoms with Gasteiger partial charge in [0.05, 0.1) is 5.69 Å². The molecule has 0 saturated carbocycles. The van der Waals surface area contributed by atoms with Crippen molar-refractivity contribution in [3.8, 4) is 0 Å². The van der Waals surface area contributed by atoms with Crippen LogP contribution in [0.25, 0.3) is 0 Å². The third kappa shape index (κ3) is 3.22. The molecule has 1 aliphatic heterocycles. The van der Waals surface area contributed by atoms with Crippen LogP contribution in [0.5, 0.6) is 0 Å². The SMILES string of the molecule is Cc1cc(I)ccc1N1C(=O)C(Cl)=C(Nc2ccc(Br)cc2)C1=O. The van der Waals surface area contributed by atoms with E-state index < -0.39 is 11.8 Å². The van der Waals surface area contributed by atoms with Crippen LogP contribution in [0.3, 0.4) is 0 Å². The van der Waals surface area contributed by atoms with Crippen LogP contribution in [-0.4, -0.2) is 11.8 Å². The average Bonchev–Trinajstić information content (AvgIpc) is 2.74. The molecule has 0 fully saturated rings. The number of rotatable bonds is 3. The number of amides is 2. The van der Waals surface area contributed by atoms with E-state index in [0.29, 0.717) is 11.4 Å². The number of hydrogen-bond acceptors (Lipinski definition) is 3. The lowest BCUT2D eigenvalue weighted by molar-refractivity contribution is -0.120. The van der Waals surface area contributed by atoms with Crippen molar-refractivity contribution in [3.63, 3.8) is 0 Å². The van der Waals surface area contributed by atoms with Gasteiger partial charge in [0.1, 0.15) is 10.7 Å². The van der Waals surface area contributed by atoms with Gasteiger partial charge in [0.25, 0.3) is 11.8 Å². The van der Waals surface area contributed by atoms with Gasteiger partial charge in [0.15, 0.2) is 0 Å². The number of halogens is 3. The maximum absolute atomic E-state index is 12.7. The minimum atomic E-state index is -0.523. The van der Waals surface area contributed by atoms with Gasteiger partial charge in [-0.05, 0) is 77.5 Å². The number of nitrogens with one attached hydrogen (secondary N) is 1. The minimum absolute atomic E-state index is 0.0851. The molecule has 2 aromatic carbocycles. The van der Waals surface area contributed by atoms with E-state index in [0.717, 1.165) is 18.5 Å². The molecule has 2 aromatic rings. The van der Waals surface area contributed by atoms with Crippen molar-refractivity contribution in [2.45, 2.75) is 6.92 Å². The van der Waals surface area contributed by atoms with Crippen LogP contribution in [0.1, 0.15) is 5.56 Å². The van der Waals surface area contributed by atoms with Gasteiger partial charge >= 0.3 is 0 Å². The summed E-state index contributed by atoms with van der Waals surface area (Å²) in [7, 11) is 0. The first-order chi connectivity index (χ1) is 11.4. The van der Waals surface area contributed by atoms with Gasteiger partial charge in [-0.15, -0.1) is 0 Å². The van der Waals surface area contributed by atoms with E-state index in [1.807, 2.05) is 31.2 Å². The summed E-state index contributed by atoms with van der Waals surface area (Å²) in [5.74, 6) is -0.984. The number of carbonyl (C=O) groups excluding carboxylic acids is 2. The van der Waals surface area contributed by atoms with E-state index in [2.05, 4.69) is 43.8 Å². The van der Waals surface area contributed by atoms with Crippen molar-refractivity contribution in [2.75, 3.05) is 10.2 Å². The molecule has 0 saturated heterocycles. The largest absolute Gasteiger partial charge is 0.350 e. The lowest BCUT2D eigenvalue weighted by Crippen LogP contribution is -2.32. The fraction of sp³-hybridized carbons (Fsp3) is 0.0588. The van der Waals surface area contributed by atoms with Crippen molar-refractivity contribution in [3.05, 3.63) is 66.8 Å². The van der Waals surface area contributed by atoms with Crippen LogP contribution in [0.15, 0.2) is 57.7 Å². The highest BCUT2D eigenvalue weighted by molar-refractivity contribution is 14.1. The summed E-state index contributed by atoms with van der Waals surface area (Å²) >= 11 is 11.7. The van der Waals surface area contributed by atoms with Crippen LogP contribution in [0, 0.1) is 10.5 Å². The second kappa shape index (κ2) is 6.85. The molecular formula is C17H11BrClIN2O2. The quantitative estimate of drug-likeness (QED) is 0.470. The standard InChI is InChI=1S/C17H11BrClIN2O2/c1-9-8-11(20)4-7-13(9)22-16(23)14(19)15(17(22)24)21-12-5-2-10(18)3-6-12/h2-8,21H,1H3. The molecule has 0 spiro atoms. The topological polar surface area (TPSA) is 49.4 Å². The molecule has 1 heterocycles. The molecule has 4 nitrogen and oxygen atoms in total. The monoisotopic (exact) mass is 516 g/mol. The van der Waals surface area contributed by atoms with Gasteiger partial charge in [-0.3, -0.25) is 9.59 Å². The second-order valence-electron chi connectivity index (χ2n) is 5.20. The van der Waals surface area contributed by atoms with Crippen molar-refractivity contribution in [2.24, 2.45) is 0 Å². The summed E-state index contributed by atoms with van der Waals surface area (Å²) in [6.45, 7) is 1.85. The number of benzene rings is 2. The molecule has 1 aliphatic rings. The first kappa shape index (κ1) is 17.4. The second-order valence-corrected chi connectivity index (χ2v) is 7.74. The predicted molar refractivity (Wildman–Crippen MR) is 107 cm³/mol. The summed E-state index contributed by atoms with van der Waals surface area (Å²) in [5.41, 5.74) is 2.13. The van der Waals surface area contributed by atoms with E-state index in [1.165, 1.54) is 0 Å². The van der Waals surface area contributed by atoms with Crippen LogP contribution >= 0.6 is 50.1 Å². The highest BCUT2D eigenvalue weighted by Gasteiger charge is 2.39. The molecule has 0 aromatic heterocycles. The molecule has 0 atom stereocenters. The van der Waals surface area contributed by atoms with Crippen LogP contribution in [0.2, 0.25) is 0 Å². The molecule has 3 rings (SSSR count). The first-order valence-corrected chi connectivity index (χ1v) is 9.21. The normalized spacial score (nSPS) is 14.6. The molecule has 122 valence electrons. The van der Waals surface area contributed by atoms with Crippen LogP contribution in [0.4, 0.5) is 11.4 Å². The van der Waals surface area contributed by atoms with Crippen LogP contribution < -0.4 is 10.2 Å². The Labute approximate surface area is 166 Å². The minimum Gasteiger partial charge on any atom is -0.350 e. The van der Waals surface area contributed by atoms with E-state index in [9.17, 15) is 9.59 Å². The maximum Gasteiger partial charge on any atom is 0.283 e. The fourth-order valence-electron chi connectivity index (χ4n) is 2.38. The van der Waals surface area contributed by atoms with E-state index in [1.54, 1.807) is 18.2 Å². The number of anilines is 2. The van der Waals surface area contributed by atoms with Gasteiger partial charge < -0.3 is 5.32 Å². The number of imide groups is 1. The molecule has 0 bridgehead atoms. The zero-order chi connectivity index (χ0) is 17.4. The Morgan fingerprint density at radius 3 is 2.38 bits per heavy atom. The van der Waals surface area contributed by atoms with E-state index in [-0.39, 0.29) is 10.7 Å². The lowest BCUT2D eigenvalue weighted by atomic mass is 10.2. The van der Waals surface area contributed by atoms with Crippen molar-refractivity contribution in [1.29, 1.82) is 0 Å². The molecule has 1 N–H and O–H groups in total. The molecular weight excluding hydrogens is 506 g/mol. The van der Waals surface area contributed by atoms with Crippen LogP contribution in [-0.2, 0) is 9.59 Å². The maximum atomic E-state index is 12.7. The zero-order valence-electron chi connectivity index (χ0n) is 12.4. The van der Waals surface area contributed by atoms with E-state index >= 15 is 0 Å². The average molecular weight is 518 g/mol. The van der Waals surface area contributed by atoms with Crippen molar-refractivity contribution in [1.82, 2.24) is 0 Å². The number of carbonyl (C=O) groups is 2. The van der Waals surface area contributed by atoms with Crippen molar-refractivity contribution < 1.29 is 9.59 Å². The molecule has 7 heteroatoms. The van der Waals surface area contributed by atoms with Crippen molar-refractivity contribution >= 4 is 73.3 Å². The Kier molecular flexibility index (Phi) is 4.98. The van der Waals surface area contributed by atoms with Gasteiger partial charge in [0.2, 0.25) is 0 Å². The summed E-state index contributed by atoms with van der Waals surface area (Å²) < 4.78 is 1.94. The molecule has 0 aliphatic carbocycles. The van der Waals surface area contributed by atoms with Gasteiger partial charge in [-0.2, -0.15) is 0 Å². The summed E-state index contributed by atoms with van der Waals surface area (Å²) in [5, 5.41) is 2.83. The molecule has 0 unspecified atom stereocenters. The number of aryl methyl sites for hydroxylation is 1. The highest BCUT2D eigenvalue weighted by atomic mass is 127. The summed E-state index contributed by atoms with van der Waals surface area (Å²) in [4.78, 5) is 26.3. The van der Waals surface area contributed by atoms with Gasteiger partial charge in [0, 0.05) is 13.7 Å². The Hall–Kier alpha value is -1.38. The molecule has 2 amide bonds. The molecule has 24 heavy (non-hydrogen) atoms. The van der Waals surface area contributed by atoms with E-state index in [4.69, 9.17) is 11.6 Å².